The van der Waals surface area contributed by atoms with Crippen molar-refractivity contribution in [3.8, 4) is 28.6 Å². The predicted octanol–water partition coefficient (Wildman–Crippen LogP) is 3.79. The van der Waals surface area contributed by atoms with Gasteiger partial charge in [0, 0.05) is 5.56 Å². The Morgan fingerprint density at radius 2 is 1.96 bits per heavy atom. The standard InChI is InChI=1S/C19H15N3O2/c1-2-24-19(23)15-8-6-14(7-9-15)17-11-18(22-21-17)16-5-3-4-13(10-16)12-20/h3-11H,2H2,1H3,(H,21,22). The first-order valence-electron chi connectivity index (χ1n) is 7.54. The maximum atomic E-state index is 11.7. The summed E-state index contributed by atoms with van der Waals surface area (Å²) in [4.78, 5) is 11.7. The lowest BCUT2D eigenvalue weighted by atomic mass is 10.1. The van der Waals surface area contributed by atoms with Crippen LogP contribution in [0.25, 0.3) is 22.5 Å². The Bertz CT molecular complexity index is 905. The zero-order chi connectivity index (χ0) is 16.9. The number of H-pyrrole nitrogens is 1. The van der Waals surface area contributed by atoms with Crippen molar-refractivity contribution >= 4 is 5.97 Å². The number of benzene rings is 2. The molecule has 118 valence electrons. The first-order valence-corrected chi connectivity index (χ1v) is 7.54. The molecule has 0 saturated carbocycles. The largest absolute Gasteiger partial charge is 0.462 e. The van der Waals surface area contributed by atoms with E-state index in [-0.39, 0.29) is 5.97 Å². The molecule has 1 heterocycles. The molecule has 3 rings (SSSR count). The fourth-order valence-electron chi connectivity index (χ4n) is 2.37. The first-order chi connectivity index (χ1) is 11.7. The molecule has 5 heteroatoms. The maximum absolute atomic E-state index is 11.7. The summed E-state index contributed by atoms with van der Waals surface area (Å²) in [6.07, 6.45) is 0. The molecule has 0 bridgehead atoms. The normalized spacial score (nSPS) is 10.2. The Morgan fingerprint density at radius 1 is 1.17 bits per heavy atom. The Kier molecular flexibility index (Phi) is 4.39. The zero-order valence-electron chi connectivity index (χ0n) is 13.1. The molecule has 0 aliphatic heterocycles. The highest BCUT2D eigenvalue weighted by atomic mass is 16.5. The smallest absolute Gasteiger partial charge is 0.338 e. The molecule has 1 N–H and O–H groups in total. The topological polar surface area (TPSA) is 78.8 Å². The van der Waals surface area contributed by atoms with Crippen LogP contribution >= 0.6 is 0 Å². The van der Waals surface area contributed by atoms with Crippen molar-refractivity contribution in [2.45, 2.75) is 6.92 Å². The average molecular weight is 317 g/mol. The number of hydrogen-bond acceptors (Lipinski definition) is 4. The number of nitriles is 1. The molecule has 2 aromatic carbocycles. The van der Waals surface area contributed by atoms with Crippen LogP contribution in [-0.4, -0.2) is 22.8 Å². The lowest BCUT2D eigenvalue weighted by Crippen LogP contribution is -2.03. The minimum Gasteiger partial charge on any atom is -0.462 e. The third kappa shape index (κ3) is 3.18. The van der Waals surface area contributed by atoms with E-state index in [0.717, 1.165) is 22.5 Å². The zero-order valence-corrected chi connectivity index (χ0v) is 13.1. The number of nitrogens with zero attached hydrogens (tertiary/aromatic N) is 2. The summed E-state index contributed by atoms with van der Waals surface area (Å²) in [5, 5.41) is 16.3. The van der Waals surface area contributed by atoms with E-state index in [4.69, 9.17) is 10.00 Å². The number of aromatic amines is 1. The molecule has 1 aromatic heterocycles. The second kappa shape index (κ2) is 6.80. The summed E-state index contributed by atoms with van der Waals surface area (Å²) in [5.41, 5.74) is 4.50. The van der Waals surface area contributed by atoms with Gasteiger partial charge in [0.1, 0.15) is 0 Å². The van der Waals surface area contributed by atoms with Crippen LogP contribution in [0, 0.1) is 11.3 Å². The highest BCUT2D eigenvalue weighted by Gasteiger charge is 2.09. The lowest BCUT2D eigenvalue weighted by Gasteiger charge is -2.02. The molecule has 0 radical (unpaired) electrons. The van der Waals surface area contributed by atoms with Gasteiger partial charge in [-0.2, -0.15) is 10.4 Å². The van der Waals surface area contributed by atoms with Crippen molar-refractivity contribution < 1.29 is 9.53 Å². The van der Waals surface area contributed by atoms with Gasteiger partial charge in [-0.1, -0.05) is 24.3 Å². The van der Waals surface area contributed by atoms with E-state index in [2.05, 4.69) is 16.3 Å². The van der Waals surface area contributed by atoms with Crippen molar-refractivity contribution in [1.82, 2.24) is 10.2 Å². The number of nitrogens with one attached hydrogen (secondary N) is 1. The predicted molar refractivity (Wildman–Crippen MR) is 90.1 cm³/mol. The van der Waals surface area contributed by atoms with Gasteiger partial charge in [-0.3, -0.25) is 5.10 Å². The van der Waals surface area contributed by atoms with Gasteiger partial charge >= 0.3 is 5.97 Å². The minimum atomic E-state index is -0.331. The Balaban J connectivity index is 1.85. The number of ether oxygens (including phenoxy) is 1. The van der Waals surface area contributed by atoms with Crippen LogP contribution < -0.4 is 0 Å². The van der Waals surface area contributed by atoms with Crippen molar-refractivity contribution in [2.24, 2.45) is 0 Å². The molecule has 0 saturated heterocycles. The van der Waals surface area contributed by atoms with Gasteiger partial charge in [0.05, 0.1) is 35.2 Å². The molecular weight excluding hydrogens is 302 g/mol. The highest BCUT2D eigenvalue weighted by Crippen LogP contribution is 2.24. The molecule has 3 aromatic rings. The number of hydrogen-bond donors (Lipinski definition) is 1. The molecule has 0 aliphatic rings. The van der Waals surface area contributed by atoms with Gasteiger partial charge in [0.15, 0.2) is 0 Å². The van der Waals surface area contributed by atoms with Crippen LogP contribution in [0.5, 0.6) is 0 Å². The first kappa shape index (κ1) is 15.5. The summed E-state index contributed by atoms with van der Waals surface area (Å²) < 4.78 is 4.97. The van der Waals surface area contributed by atoms with Crippen molar-refractivity contribution in [3.05, 3.63) is 65.7 Å². The van der Waals surface area contributed by atoms with E-state index >= 15 is 0 Å². The molecule has 0 spiro atoms. The quantitative estimate of drug-likeness (QED) is 0.742. The van der Waals surface area contributed by atoms with Crippen LogP contribution in [0.2, 0.25) is 0 Å². The van der Waals surface area contributed by atoms with E-state index in [1.54, 1.807) is 31.2 Å². The molecular formula is C19H15N3O2. The van der Waals surface area contributed by atoms with Gasteiger partial charge in [0.2, 0.25) is 0 Å². The summed E-state index contributed by atoms with van der Waals surface area (Å²) in [6.45, 7) is 2.13. The Hall–Kier alpha value is -3.39. The highest BCUT2D eigenvalue weighted by molar-refractivity contribution is 5.90. The van der Waals surface area contributed by atoms with Crippen LogP contribution in [-0.2, 0) is 4.74 Å². The number of carbonyl (C=O) groups is 1. The van der Waals surface area contributed by atoms with Crippen LogP contribution in [0.15, 0.2) is 54.6 Å². The minimum absolute atomic E-state index is 0.331. The number of rotatable bonds is 4. The van der Waals surface area contributed by atoms with Crippen LogP contribution in [0.1, 0.15) is 22.8 Å². The van der Waals surface area contributed by atoms with Gasteiger partial charge in [-0.25, -0.2) is 4.79 Å². The number of aromatic nitrogens is 2. The fraction of sp³-hybridized carbons (Fsp3) is 0.105. The molecule has 0 atom stereocenters. The Labute approximate surface area is 139 Å². The monoisotopic (exact) mass is 317 g/mol. The summed E-state index contributed by atoms with van der Waals surface area (Å²) in [6, 6.07) is 18.5. The molecule has 0 fully saturated rings. The van der Waals surface area contributed by atoms with Gasteiger partial charge in [-0.05, 0) is 42.8 Å². The maximum Gasteiger partial charge on any atom is 0.338 e. The lowest BCUT2D eigenvalue weighted by molar-refractivity contribution is 0.0526. The van der Waals surface area contributed by atoms with E-state index in [1.165, 1.54) is 0 Å². The van der Waals surface area contributed by atoms with Crippen molar-refractivity contribution in [2.75, 3.05) is 6.61 Å². The van der Waals surface area contributed by atoms with Gasteiger partial charge in [0.25, 0.3) is 0 Å². The molecule has 24 heavy (non-hydrogen) atoms. The third-order valence-corrected chi connectivity index (χ3v) is 3.57. The molecule has 5 nitrogen and oxygen atoms in total. The van der Waals surface area contributed by atoms with Gasteiger partial charge < -0.3 is 4.74 Å². The summed E-state index contributed by atoms with van der Waals surface area (Å²) in [7, 11) is 0. The van der Waals surface area contributed by atoms with E-state index in [0.29, 0.717) is 17.7 Å². The SMILES string of the molecule is CCOC(=O)c1ccc(-c2cc(-c3cccc(C#N)c3)n[nH]2)cc1. The van der Waals surface area contributed by atoms with Crippen molar-refractivity contribution in [3.63, 3.8) is 0 Å². The van der Waals surface area contributed by atoms with Crippen LogP contribution in [0.3, 0.4) is 0 Å². The summed E-state index contributed by atoms with van der Waals surface area (Å²) in [5.74, 6) is -0.331. The molecule has 0 amide bonds. The second-order valence-electron chi connectivity index (χ2n) is 5.16. The van der Waals surface area contributed by atoms with E-state index in [1.807, 2.05) is 30.3 Å². The average Bonchev–Trinajstić information content (AvgIpc) is 3.12. The second-order valence-corrected chi connectivity index (χ2v) is 5.16. The molecule has 0 aliphatic carbocycles. The summed E-state index contributed by atoms with van der Waals surface area (Å²) >= 11 is 0. The third-order valence-electron chi connectivity index (χ3n) is 3.57. The number of carbonyl (C=O) groups excluding carboxylic acids is 1. The fourth-order valence-corrected chi connectivity index (χ4v) is 2.37. The Morgan fingerprint density at radius 3 is 2.67 bits per heavy atom. The van der Waals surface area contributed by atoms with E-state index in [9.17, 15) is 4.79 Å². The van der Waals surface area contributed by atoms with E-state index < -0.39 is 0 Å². The van der Waals surface area contributed by atoms with Crippen LogP contribution in [0.4, 0.5) is 0 Å². The van der Waals surface area contributed by atoms with Gasteiger partial charge in [-0.15, -0.1) is 0 Å². The number of esters is 1. The molecule has 0 unspecified atom stereocenters. The van der Waals surface area contributed by atoms with Crippen molar-refractivity contribution in [1.29, 1.82) is 5.26 Å².